The Kier molecular flexibility index (Phi) is 9.39. The highest BCUT2D eigenvalue weighted by molar-refractivity contribution is 6.01. The molecule has 1 atom stereocenters. The second-order valence-corrected chi connectivity index (χ2v) is 8.93. The Balaban J connectivity index is 1.43. The standard InChI is InChI=1S/C32H36O5/c1-4-7-19-36-25-16-17-28-29(26-10-8-9-11-27(26)30(28)22-25)18-20-37-24-14-12-23(13-15-24)21-31(34-5-2)32(33)35-6-3/h8-18,22,31H,4-7,19-21H2,1-3H3/b29-18-. The molecule has 1 aliphatic rings. The zero-order valence-electron chi connectivity index (χ0n) is 22.0. The molecule has 0 heterocycles. The summed E-state index contributed by atoms with van der Waals surface area (Å²) >= 11 is 0. The van der Waals surface area contributed by atoms with Gasteiger partial charge in [0, 0.05) is 13.0 Å². The van der Waals surface area contributed by atoms with Crippen LogP contribution in [0.4, 0.5) is 0 Å². The summed E-state index contributed by atoms with van der Waals surface area (Å²) < 4.78 is 22.7. The van der Waals surface area contributed by atoms with Crippen molar-refractivity contribution in [1.82, 2.24) is 0 Å². The number of carbonyl (C=O) groups excluding carboxylic acids is 1. The Morgan fingerprint density at radius 1 is 0.811 bits per heavy atom. The third-order valence-electron chi connectivity index (χ3n) is 6.35. The van der Waals surface area contributed by atoms with E-state index in [1.54, 1.807) is 6.92 Å². The number of hydrogen-bond acceptors (Lipinski definition) is 5. The number of benzene rings is 3. The van der Waals surface area contributed by atoms with Crippen molar-refractivity contribution < 1.29 is 23.7 Å². The molecule has 1 aliphatic carbocycles. The predicted octanol–water partition coefficient (Wildman–Crippen LogP) is 6.87. The molecule has 0 spiro atoms. The van der Waals surface area contributed by atoms with Gasteiger partial charge in [0.15, 0.2) is 6.10 Å². The van der Waals surface area contributed by atoms with Crippen molar-refractivity contribution in [3.63, 3.8) is 0 Å². The van der Waals surface area contributed by atoms with Gasteiger partial charge in [-0.05, 0) is 84.0 Å². The van der Waals surface area contributed by atoms with Crippen molar-refractivity contribution in [2.24, 2.45) is 0 Å². The van der Waals surface area contributed by atoms with Crippen LogP contribution in [0.2, 0.25) is 0 Å². The van der Waals surface area contributed by atoms with E-state index in [4.69, 9.17) is 18.9 Å². The molecule has 4 rings (SSSR count). The van der Waals surface area contributed by atoms with Crippen molar-refractivity contribution in [3.8, 4) is 22.6 Å². The van der Waals surface area contributed by atoms with Crippen molar-refractivity contribution in [3.05, 3.63) is 89.5 Å². The predicted molar refractivity (Wildman–Crippen MR) is 147 cm³/mol. The first-order chi connectivity index (χ1) is 18.1. The first kappa shape index (κ1) is 26.5. The summed E-state index contributed by atoms with van der Waals surface area (Å²) in [7, 11) is 0. The van der Waals surface area contributed by atoms with Gasteiger partial charge in [-0.15, -0.1) is 0 Å². The molecule has 3 aromatic rings. The summed E-state index contributed by atoms with van der Waals surface area (Å²) in [6.45, 7) is 7.82. The van der Waals surface area contributed by atoms with Crippen molar-refractivity contribution in [1.29, 1.82) is 0 Å². The third-order valence-corrected chi connectivity index (χ3v) is 6.35. The topological polar surface area (TPSA) is 54.0 Å². The van der Waals surface area contributed by atoms with E-state index in [2.05, 4.69) is 55.5 Å². The van der Waals surface area contributed by atoms with Crippen LogP contribution in [0.15, 0.2) is 72.8 Å². The minimum Gasteiger partial charge on any atom is -0.494 e. The molecule has 0 fully saturated rings. The molecule has 0 aromatic heterocycles. The Labute approximate surface area is 220 Å². The smallest absolute Gasteiger partial charge is 0.335 e. The third kappa shape index (κ3) is 6.60. The molecule has 0 bridgehead atoms. The summed E-state index contributed by atoms with van der Waals surface area (Å²) in [6.07, 6.45) is 4.18. The zero-order chi connectivity index (χ0) is 26.0. The van der Waals surface area contributed by atoms with E-state index in [1.807, 2.05) is 31.2 Å². The molecule has 0 N–H and O–H groups in total. The average molecular weight is 501 g/mol. The molecule has 5 nitrogen and oxygen atoms in total. The molecule has 194 valence electrons. The van der Waals surface area contributed by atoms with Gasteiger partial charge in [-0.1, -0.05) is 55.8 Å². The first-order valence-corrected chi connectivity index (χ1v) is 13.2. The molecule has 0 amide bonds. The van der Waals surface area contributed by atoms with Gasteiger partial charge in [0.1, 0.15) is 18.1 Å². The Bertz CT molecular complexity index is 1210. The minimum absolute atomic E-state index is 0.326. The summed E-state index contributed by atoms with van der Waals surface area (Å²) in [6, 6.07) is 22.6. The summed E-state index contributed by atoms with van der Waals surface area (Å²) in [4.78, 5) is 12.1. The Morgan fingerprint density at radius 2 is 1.54 bits per heavy atom. The van der Waals surface area contributed by atoms with Gasteiger partial charge in [0.2, 0.25) is 0 Å². The van der Waals surface area contributed by atoms with Crippen LogP contribution in [-0.2, 0) is 20.7 Å². The van der Waals surface area contributed by atoms with Crippen LogP contribution in [0.5, 0.6) is 11.5 Å². The summed E-state index contributed by atoms with van der Waals surface area (Å²) in [5.41, 5.74) is 7.00. The van der Waals surface area contributed by atoms with Gasteiger partial charge in [-0.3, -0.25) is 0 Å². The molecule has 0 saturated heterocycles. The van der Waals surface area contributed by atoms with Crippen LogP contribution in [0.25, 0.3) is 16.7 Å². The van der Waals surface area contributed by atoms with Gasteiger partial charge in [-0.25, -0.2) is 4.79 Å². The van der Waals surface area contributed by atoms with E-state index in [0.717, 1.165) is 36.5 Å². The van der Waals surface area contributed by atoms with Gasteiger partial charge in [-0.2, -0.15) is 0 Å². The van der Waals surface area contributed by atoms with E-state index in [9.17, 15) is 4.79 Å². The molecule has 0 radical (unpaired) electrons. The van der Waals surface area contributed by atoms with Crippen LogP contribution in [0.3, 0.4) is 0 Å². The Morgan fingerprint density at radius 3 is 2.27 bits per heavy atom. The molecule has 0 saturated carbocycles. The molecule has 0 aliphatic heterocycles. The second-order valence-electron chi connectivity index (χ2n) is 8.93. The highest BCUT2D eigenvalue weighted by Gasteiger charge is 2.23. The maximum atomic E-state index is 12.1. The van der Waals surface area contributed by atoms with Crippen LogP contribution in [0, 0.1) is 0 Å². The largest absolute Gasteiger partial charge is 0.494 e. The molecular weight excluding hydrogens is 464 g/mol. The normalized spacial score (nSPS) is 13.6. The van der Waals surface area contributed by atoms with Crippen molar-refractivity contribution >= 4 is 11.5 Å². The lowest BCUT2D eigenvalue weighted by molar-refractivity contribution is -0.156. The van der Waals surface area contributed by atoms with Crippen LogP contribution in [0.1, 0.15) is 50.3 Å². The molecule has 5 heteroatoms. The molecule has 3 aromatic carbocycles. The highest BCUT2D eigenvalue weighted by atomic mass is 16.6. The maximum Gasteiger partial charge on any atom is 0.335 e. The molecular formula is C32H36O5. The maximum absolute atomic E-state index is 12.1. The lowest BCUT2D eigenvalue weighted by Crippen LogP contribution is -2.28. The van der Waals surface area contributed by atoms with E-state index in [0.29, 0.717) is 26.2 Å². The summed E-state index contributed by atoms with van der Waals surface area (Å²) in [5.74, 6) is 1.36. The fourth-order valence-electron chi connectivity index (χ4n) is 4.53. The SMILES string of the molecule is CCCCOc1ccc2c(c1)-c1ccccc1/C2=C/COc1ccc(CC(OCC)C(=O)OCC)cc1. The number of fused-ring (bicyclic) bond motifs is 3. The second kappa shape index (κ2) is 13.1. The van der Waals surface area contributed by atoms with Gasteiger partial charge in [0.05, 0.1) is 13.2 Å². The van der Waals surface area contributed by atoms with Gasteiger partial charge < -0.3 is 18.9 Å². The number of hydrogen-bond donors (Lipinski definition) is 0. The number of ether oxygens (including phenoxy) is 4. The Hall–Kier alpha value is -3.57. The number of carbonyl (C=O) groups is 1. The van der Waals surface area contributed by atoms with Gasteiger partial charge >= 0.3 is 5.97 Å². The minimum atomic E-state index is -0.596. The molecule has 1 unspecified atom stereocenters. The van der Waals surface area contributed by atoms with Crippen LogP contribution >= 0.6 is 0 Å². The monoisotopic (exact) mass is 500 g/mol. The lowest BCUT2D eigenvalue weighted by atomic mass is 10.0. The fraction of sp³-hybridized carbons (Fsp3) is 0.344. The van der Waals surface area contributed by atoms with E-state index in [1.165, 1.54) is 27.8 Å². The average Bonchev–Trinajstić information content (AvgIpc) is 3.23. The van der Waals surface area contributed by atoms with E-state index in [-0.39, 0.29) is 5.97 Å². The van der Waals surface area contributed by atoms with Crippen LogP contribution < -0.4 is 9.47 Å². The molecule has 37 heavy (non-hydrogen) atoms. The van der Waals surface area contributed by atoms with E-state index >= 15 is 0 Å². The number of esters is 1. The number of unbranched alkanes of at least 4 members (excludes halogenated alkanes) is 1. The quantitative estimate of drug-likeness (QED) is 0.148. The van der Waals surface area contributed by atoms with Crippen molar-refractivity contribution in [2.75, 3.05) is 26.4 Å². The highest BCUT2D eigenvalue weighted by Crippen LogP contribution is 2.45. The van der Waals surface area contributed by atoms with Gasteiger partial charge in [0.25, 0.3) is 0 Å². The lowest BCUT2D eigenvalue weighted by Gasteiger charge is -2.15. The van der Waals surface area contributed by atoms with E-state index < -0.39 is 6.10 Å². The van der Waals surface area contributed by atoms with Crippen LogP contribution in [-0.4, -0.2) is 38.5 Å². The summed E-state index contributed by atoms with van der Waals surface area (Å²) in [5, 5.41) is 0. The number of rotatable bonds is 13. The first-order valence-electron chi connectivity index (χ1n) is 13.2. The zero-order valence-corrected chi connectivity index (χ0v) is 22.0. The van der Waals surface area contributed by atoms with Crippen molar-refractivity contribution in [2.45, 2.75) is 46.1 Å². The fourth-order valence-corrected chi connectivity index (χ4v) is 4.53.